The van der Waals surface area contributed by atoms with Crippen molar-refractivity contribution in [3.8, 4) is 17.1 Å². The summed E-state index contributed by atoms with van der Waals surface area (Å²) in [5, 5.41) is 2.99. The third kappa shape index (κ3) is 3.97. The Morgan fingerprint density at radius 2 is 2.25 bits per heavy atom. The molecule has 3 N–H and O–H groups in total. The highest BCUT2D eigenvalue weighted by Crippen LogP contribution is 2.37. The number of alkyl halides is 2. The maximum absolute atomic E-state index is 13.5. The first-order valence-electron chi connectivity index (χ1n) is 9.77. The third-order valence-corrected chi connectivity index (χ3v) is 5.16. The molecule has 4 rings (SSSR count). The van der Waals surface area contributed by atoms with Crippen LogP contribution in [0.2, 0.25) is 0 Å². The lowest BCUT2D eigenvalue weighted by atomic mass is 10.1. The number of anilines is 2. The highest BCUT2D eigenvalue weighted by atomic mass is 19.3. The molecule has 2 aliphatic rings. The summed E-state index contributed by atoms with van der Waals surface area (Å²) < 4.78 is 44.6. The van der Waals surface area contributed by atoms with E-state index in [9.17, 15) is 18.4 Å². The molecular formula is C20H21F2N5O5. The number of nitrogens with zero attached hydrogens (tertiary/aromatic N) is 3. The maximum atomic E-state index is 13.5. The number of benzene rings is 1. The van der Waals surface area contributed by atoms with E-state index in [4.69, 9.17) is 19.9 Å². The largest absolute Gasteiger partial charge is 0.491 e. The summed E-state index contributed by atoms with van der Waals surface area (Å²) >= 11 is 0. The molecule has 2 aliphatic heterocycles. The number of ether oxygens (including phenoxy) is 3. The zero-order chi connectivity index (χ0) is 22.8. The Hall–Kier alpha value is -3.63. The van der Waals surface area contributed by atoms with E-state index in [1.54, 1.807) is 34.9 Å². The van der Waals surface area contributed by atoms with Crippen molar-refractivity contribution in [2.75, 3.05) is 37.1 Å². The van der Waals surface area contributed by atoms with Crippen LogP contribution in [-0.2, 0) is 25.6 Å². The standard InChI is InChI=1S/C20H21F2N5O5/c1-30-9-13(19(23)29)24-11-2-3-12-15(6-11)31-5-4-26-7-16(25-20(12)26)27-14(18(21)22)10-32-17(27)8-28/h2-3,6-7,13-14,18,24H,4-5,9-10H2,1H3,(H2,23,29)/t13?,14-/m0/s1. The molecule has 3 heterocycles. The molecule has 1 amide bonds. The predicted molar refractivity (Wildman–Crippen MR) is 109 cm³/mol. The van der Waals surface area contributed by atoms with Gasteiger partial charge >= 0.3 is 0 Å². The topological polar surface area (TPSA) is 121 Å². The molecule has 0 aliphatic carbocycles. The van der Waals surface area contributed by atoms with Crippen LogP contribution in [0.15, 0.2) is 30.3 Å². The van der Waals surface area contributed by atoms with Crippen molar-refractivity contribution in [2.45, 2.75) is 25.1 Å². The molecule has 12 heteroatoms. The SMILES string of the molecule is COCC(Nc1ccc2c(c1)OCCn1cc(N3C(=C=O)OC[C@H]3C(F)F)nc1-2)C(N)=O. The van der Waals surface area contributed by atoms with E-state index in [0.29, 0.717) is 36.0 Å². The lowest BCUT2D eigenvalue weighted by Crippen LogP contribution is -2.38. The molecule has 0 saturated carbocycles. The first kappa shape index (κ1) is 21.6. The van der Waals surface area contributed by atoms with E-state index in [1.165, 1.54) is 7.11 Å². The van der Waals surface area contributed by atoms with Gasteiger partial charge < -0.3 is 29.8 Å². The fourth-order valence-electron chi connectivity index (χ4n) is 3.63. The Balaban J connectivity index is 1.68. The first-order valence-corrected chi connectivity index (χ1v) is 9.77. The molecule has 32 heavy (non-hydrogen) atoms. The van der Waals surface area contributed by atoms with E-state index in [0.717, 1.165) is 4.90 Å². The lowest BCUT2D eigenvalue weighted by Gasteiger charge is -2.19. The predicted octanol–water partition coefficient (Wildman–Crippen LogP) is 0.998. The third-order valence-electron chi connectivity index (χ3n) is 5.16. The number of methoxy groups -OCH3 is 1. The minimum absolute atomic E-state index is 0.0941. The number of hydrogen-bond donors (Lipinski definition) is 2. The number of halogens is 2. The number of primary amides is 1. The Morgan fingerprint density at radius 3 is 2.94 bits per heavy atom. The maximum Gasteiger partial charge on any atom is 0.284 e. The highest BCUT2D eigenvalue weighted by molar-refractivity contribution is 5.83. The molecule has 0 spiro atoms. The number of amides is 1. The number of nitrogens with two attached hydrogens (primary N) is 1. The van der Waals surface area contributed by atoms with Crippen LogP contribution in [0.1, 0.15) is 0 Å². The van der Waals surface area contributed by atoms with Crippen LogP contribution >= 0.6 is 0 Å². The summed E-state index contributed by atoms with van der Waals surface area (Å²) in [5.41, 5.74) is 6.59. The van der Waals surface area contributed by atoms with Gasteiger partial charge in [-0.2, -0.15) is 0 Å². The van der Waals surface area contributed by atoms with Crippen molar-refractivity contribution < 1.29 is 32.6 Å². The molecule has 1 aromatic heterocycles. The van der Waals surface area contributed by atoms with Gasteiger partial charge in [-0.15, -0.1) is 0 Å². The number of nitrogens with one attached hydrogen (secondary N) is 1. The van der Waals surface area contributed by atoms with Gasteiger partial charge in [0, 0.05) is 25.1 Å². The Morgan fingerprint density at radius 1 is 1.44 bits per heavy atom. The summed E-state index contributed by atoms with van der Waals surface area (Å²) in [5.74, 6) is 1.79. The Bertz CT molecular complexity index is 1070. The Kier molecular flexibility index (Phi) is 5.97. The zero-order valence-electron chi connectivity index (χ0n) is 17.1. The van der Waals surface area contributed by atoms with Gasteiger partial charge in [-0.1, -0.05) is 0 Å². The number of rotatable bonds is 7. The van der Waals surface area contributed by atoms with Gasteiger partial charge in [-0.05, 0) is 12.1 Å². The fraction of sp³-hybridized carbons (Fsp3) is 0.400. The number of carbonyl (C=O) groups is 1. The van der Waals surface area contributed by atoms with Gasteiger partial charge in [0.1, 0.15) is 36.9 Å². The average Bonchev–Trinajstić information content (AvgIpc) is 3.34. The molecule has 0 bridgehead atoms. The van der Waals surface area contributed by atoms with Crippen molar-refractivity contribution in [1.29, 1.82) is 0 Å². The minimum Gasteiger partial charge on any atom is -0.491 e. The van der Waals surface area contributed by atoms with E-state index in [1.807, 2.05) is 0 Å². The second-order valence-electron chi connectivity index (χ2n) is 7.22. The molecule has 0 radical (unpaired) electrons. The molecule has 1 unspecified atom stereocenters. The summed E-state index contributed by atoms with van der Waals surface area (Å²) in [7, 11) is 1.46. The number of hydrogen-bond acceptors (Lipinski definition) is 8. The zero-order valence-corrected chi connectivity index (χ0v) is 17.1. The van der Waals surface area contributed by atoms with Crippen LogP contribution in [0.4, 0.5) is 20.3 Å². The van der Waals surface area contributed by atoms with Gasteiger partial charge in [0.2, 0.25) is 5.91 Å². The van der Waals surface area contributed by atoms with Crippen LogP contribution in [0.3, 0.4) is 0 Å². The van der Waals surface area contributed by atoms with Crippen molar-refractivity contribution in [1.82, 2.24) is 9.55 Å². The second kappa shape index (κ2) is 8.85. The first-order chi connectivity index (χ1) is 15.4. The molecule has 2 aromatic rings. The van der Waals surface area contributed by atoms with Gasteiger partial charge in [0.25, 0.3) is 12.3 Å². The number of fused-ring (bicyclic) bond motifs is 3. The summed E-state index contributed by atoms with van der Waals surface area (Å²) in [6.07, 6.45) is -1.17. The highest BCUT2D eigenvalue weighted by Gasteiger charge is 2.40. The van der Waals surface area contributed by atoms with Crippen LogP contribution in [-0.4, -0.2) is 66.8 Å². The van der Waals surface area contributed by atoms with Gasteiger partial charge in [-0.3, -0.25) is 9.69 Å². The van der Waals surface area contributed by atoms with E-state index in [-0.39, 0.29) is 24.9 Å². The molecule has 10 nitrogen and oxygen atoms in total. The van der Waals surface area contributed by atoms with Crippen LogP contribution < -0.4 is 20.7 Å². The summed E-state index contributed by atoms with van der Waals surface area (Å²) in [6, 6.07) is 3.09. The average molecular weight is 449 g/mol. The number of carbonyl (C=O) groups excluding carboxylic acids is 2. The molecule has 1 fully saturated rings. The van der Waals surface area contributed by atoms with Crippen LogP contribution in [0, 0.1) is 0 Å². The van der Waals surface area contributed by atoms with Crippen LogP contribution in [0.25, 0.3) is 11.4 Å². The van der Waals surface area contributed by atoms with Gasteiger partial charge in [0.05, 0.1) is 18.7 Å². The van der Waals surface area contributed by atoms with Crippen LogP contribution in [0.5, 0.6) is 5.75 Å². The molecule has 1 saturated heterocycles. The molecular weight excluding hydrogens is 428 g/mol. The molecule has 1 aromatic carbocycles. The van der Waals surface area contributed by atoms with Crippen molar-refractivity contribution in [3.63, 3.8) is 0 Å². The molecule has 170 valence electrons. The number of aromatic nitrogens is 2. The quantitative estimate of drug-likeness (QED) is 0.601. The van der Waals surface area contributed by atoms with E-state index >= 15 is 0 Å². The summed E-state index contributed by atoms with van der Waals surface area (Å²) in [4.78, 5) is 28.4. The molecule has 2 atom stereocenters. The van der Waals surface area contributed by atoms with Gasteiger partial charge in [-0.25, -0.2) is 18.6 Å². The summed E-state index contributed by atoms with van der Waals surface area (Å²) in [6.45, 7) is 0.460. The van der Waals surface area contributed by atoms with Gasteiger partial charge in [0.15, 0.2) is 11.8 Å². The lowest BCUT2D eigenvalue weighted by molar-refractivity contribution is -0.119. The van der Waals surface area contributed by atoms with E-state index < -0.39 is 24.4 Å². The number of imidazole rings is 1. The van der Waals surface area contributed by atoms with Crippen molar-refractivity contribution >= 4 is 23.4 Å². The van der Waals surface area contributed by atoms with Crippen molar-refractivity contribution in [2.24, 2.45) is 5.73 Å². The second-order valence-corrected chi connectivity index (χ2v) is 7.22. The fourth-order valence-corrected chi connectivity index (χ4v) is 3.63. The van der Waals surface area contributed by atoms with E-state index in [2.05, 4.69) is 10.3 Å². The smallest absolute Gasteiger partial charge is 0.284 e. The Labute approximate surface area is 181 Å². The minimum atomic E-state index is -2.74. The van der Waals surface area contributed by atoms with Crippen molar-refractivity contribution in [3.05, 3.63) is 30.3 Å². The normalized spacial score (nSPS) is 18.2. The monoisotopic (exact) mass is 449 g/mol.